The van der Waals surface area contributed by atoms with E-state index in [1.165, 1.54) is 36.0 Å². The second-order valence-corrected chi connectivity index (χ2v) is 7.73. The van der Waals surface area contributed by atoms with Gasteiger partial charge in [-0.15, -0.1) is 0 Å². The smallest absolute Gasteiger partial charge is 0.329 e. The molecule has 34 heavy (non-hydrogen) atoms. The van der Waals surface area contributed by atoms with Crippen molar-refractivity contribution in [2.24, 2.45) is 12.1 Å². The number of aromatic nitrogens is 4. The molecule has 0 saturated carbocycles. The molecule has 0 spiro atoms. The number of hydrogen-bond acceptors (Lipinski definition) is 7. The number of aliphatic hydroxyl groups is 1. The van der Waals surface area contributed by atoms with Gasteiger partial charge in [0.1, 0.15) is 24.3 Å². The number of para-hydroxylation sites is 1. The van der Waals surface area contributed by atoms with Gasteiger partial charge in [-0.2, -0.15) is 10.1 Å². The summed E-state index contributed by atoms with van der Waals surface area (Å²) in [6.07, 6.45) is 0.124. The van der Waals surface area contributed by atoms with E-state index in [9.17, 15) is 19.1 Å². The molecule has 4 rings (SSSR count). The van der Waals surface area contributed by atoms with Gasteiger partial charge in [0.15, 0.2) is 11.2 Å². The highest BCUT2D eigenvalue weighted by atomic mass is 35.5. The van der Waals surface area contributed by atoms with Crippen molar-refractivity contribution in [1.82, 2.24) is 19.1 Å². The van der Waals surface area contributed by atoms with E-state index in [0.717, 1.165) is 4.57 Å². The van der Waals surface area contributed by atoms with Crippen LogP contribution in [0.5, 0.6) is 5.75 Å². The lowest BCUT2D eigenvalue weighted by atomic mass is 10.2. The molecule has 2 aromatic carbocycles. The standard InChI is InChI=1S/C22H20ClFN6O4/c1-29-19-18(20(32)27-22(29)33)30(11-13(31)12-34-14-6-3-2-4-7-14)21(26-19)28-25-10-15-16(23)8-5-9-17(15)24/h2-10,13,31H,11-12H2,1H3,(H,26,28)(H,27,32,33). The van der Waals surface area contributed by atoms with E-state index in [-0.39, 0.29) is 40.8 Å². The van der Waals surface area contributed by atoms with Crippen LogP contribution in [0.25, 0.3) is 11.2 Å². The van der Waals surface area contributed by atoms with E-state index < -0.39 is 23.2 Å². The number of nitrogens with one attached hydrogen (secondary N) is 2. The number of ether oxygens (including phenoxy) is 1. The number of aliphatic hydroxyl groups excluding tert-OH is 1. The SMILES string of the molecule is Cn1c(=O)[nH]c(=O)c2c1nc(NN=Cc1c(F)cccc1Cl)n2CC(O)COc1ccccc1. The van der Waals surface area contributed by atoms with Crippen LogP contribution in [0.2, 0.25) is 5.02 Å². The van der Waals surface area contributed by atoms with Gasteiger partial charge in [0, 0.05) is 12.6 Å². The van der Waals surface area contributed by atoms with Gasteiger partial charge in [-0.25, -0.2) is 14.6 Å². The van der Waals surface area contributed by atoms with Gasteiger partial charge < -0.3 is 14.4 Å². The van der Waals surface area contributed by atoms with Crippen LogP contribution in [0.4, 0.5) is 10.3 Å². The zero-order valence-corrected chi connectivity index (χ0v) is 18.7. The molecular weight excluding hydrogens is 467 g/mol. The number of anilines is 1. The van der Waals surface area contributed by atoms with Gasteiger partial charge in [0.25, 0.3) is 5.56 Å². The molecule has 0 aliphatic heterocycles. The average molecular weight is 487 g/mol. The molecule has 3 N–H and O–H groups in total. The Labute approximate surface area is 196 Å². The van der Waals surface area contributed by atoms with Gasteiger partial charge >= 0.3 is 5.69 Å². The third kappa shape index (κ3) is 4.85. The van der Waals surface area contributed by atoms with Crippen LogP contribution in [-0.4, -0.2) is 43.1 Å². The summed E-state index contributed by atoms with van der Waals surface area (Å²) in [6, 6.07) is 13.1. The largest absolute Gasteiger partial charge is 0.491 e. The number of rotatable bonds is 8. The highest BCUT2D eigenvalue weighted by molar-refractivity contribution is 6.33. The minimum atomic E-state index is -1.04. The predicted molar refractivity (Wildman–Crippen MR) is 126 cm³/mol. The first-order valence-corrected chi connectivity index (χ1v) is 10.5. The van der Waals surface area contributed by atoms with Crippen molar-refractivity contribution in [1.29, 1.82) is 0 Å². The van der Waals surface area contributed by atoms with Crippen molar-refractivity contribution in [3.63, 3.8) is 0 Å². The Bertz CT molecular complexity index is 1440. The van der Waals surface area contributed by atoms with Gasteiger partial charge in [-0.1, -0.05) is 35.9 Å². The minimum Gasteiger partial charge on any atom is -0.491 e. The zero-order chi connectivity index (χ0) is 24.2. The summed E-state index contributed by atoms with van der Waals surface area (Å²) in [5.41, 5.74) is 1.48. The Morgan fingerprint density at radius 3 is 2.76 bits per heavy atom. The molecule has 0 radical (unpaired) electrons. The molecule has 0 saturated heterocycles. The van der Waals surface area contributed by atoms with Gasteiger partial charge in [-0.3, -0.25) is 14.3 Å². The molecule has 0 amide bonds. The van der Waals surface area contributed by atoms with Crippen LogP contribution >= 0.6 is 11.6 Å². The van der Waals surface area contributed by atoms with Crippen LogP contribution in [-0.2, 0) is 13.6 Å². The molecule has 2 aromatic heterocycles. The first-order chi connectivity index (χ1) is 16.3. The van der Waals surface area contributed by atoms with Gasteiger partial charge in [0.05, 0.1) is 17.8 Å². The fraction of sp³-hybridized carbons (Fsp3) is 0.182. The summed E-state index contributed by atoms with van der Waals surface area (Å²) in [4.78, 5) is 31.1. The number of hydrazone groups is 1. The lowest BCUT2D eigenvalue weighted by Crippen LogP contribution is -2.30. The molecule has 0 bridgehead atoms. The maximum atomic E-state index is 14.0. The van der Waals surface area contributed by atoms with E-state index in [4.69, 9.17) is 16.3 Å². The minimum absolute atomic E-state index is 0.0440. The van der Waals surface area contributed by atoms with Crippen molar-refractivity contribution >= 4 is 34.9 Å². The van der Waals surface area contributed by atoms with Crippen LogP contribution in [0, 0.1) is 5.82 Å². The number of nitrogens with zero attached hydrogens (tertiary/aromatic N) is 4. The van der Waals surface area contributed by atoms with Crippen molar-refractivity contribution in [2.45, 2.75) is 12.6 Å². The number of benzene rings is 2. The molecule has 176 valence electrons. The molecule has 1 atom stereocenters. The second-order valence-electron chi connectivity index (χ2n) is 7.32. The van der Waals surface area contributed by atoms with Crippen LogP contribution in [0.15, 0.2) is 63.2 Å². The van der Waals surface area contributed by atoms with Crippen LogP contribution in [0.3, 0.4) is 0 Å². The fourth-order valence-electron chi connectivity index (χ4n) is 3.26. The molecule has 2 heterocycles. The summed E-state index contributed by atoms with van der Waals surface area (Å²) in [5, 5.41) is 14.7. The average Bonchev–Trinajstić information content (AvgIpc) is 3.17. The molecule has 0 fully saturated rings. The third-order valence-electron chi connectivity index (χ3n) is 4.94. The highest BCUT2D eigenvalue weighted by Crippen LogP contribution is 2.19. The Morgan fingerprint density at radius 1 is 1.26 bits per heavy atom. The van der Waals surface area contributed by atoms with E-state index >= 15 is 0 Å². The number of aromatic amines is 1. The summed E-state index contributed by atoms with van der Waals surface area (Å²) < 4.78 is 22.1. The number of fused-ring (bicyclic) bond motifs is 1. The van der Waals surface area contributed by atoms with E-state index in [0.29, 0.717) is 5.75 Å². The predicted octanol–water partition coefficient (Wildman–Crippen LogP) is 2.10. The molecule has 10 nitrogen and oxygen atoms in total. The quantitative estimate of drug-likeness (QED) is 0.258. The number of aryl methyl sites for hydroxylation is 1. The monoisotopic (exact) mass is 486 g/mol. The lowest BCUT2D eigenvalue weighted by molar-refractivity contribution is 0.0938. The van der Waals surface area contributed by atoms with Crippen LogP contribution in [0.1, 0.15) is 5.56 Å². The molecule has 4 aromatic rings. The second kappa shape index (κ2) is 9.89. The van der Waals surface area contributed by atoms with E-state index in [1.807, 2.05) is 6.07 Å². The highest BCUT2D eigenvalue weighted by Gasteiger charge is 2.20. The van der Waals surface area contributed by atoms with Gasteiger partial charge in [-0.05, 0) is 24.3 Å². The van der Waals surface area contributed by atoms with Crippen LogP contribution < -0.4 is 21.4 Å². The Balaban J connectivity index is 1.65. The zero-order valence-electron chi connectivity index (χ0n) is 17.9. The number of H-pyrrole nitrogens is 1. The normalized spacial score (nSPS) is 12.4. The number of halogens is 2. The summed E-state index contributed by atoms with van der Waals surface area (Å²) in [6.45, 7) is -0.177. The number of imidazole rings is 1. The molecule has 12 heteroatoms. The lowest BCUT2D eigenvalue weighted by Gasteiger charge is -2.15. The summed E-state index contributed by atoms with van der Waals surface area (Å²) in [7, 11) is 1.44. The Hall–Kier alpha value is -3.96. The maximum absolute atomic E-state index is 14.0. The topological polar surface area (TPSA) is 127 Å². The van der Waals surface area contributed by atoms with Gasteiger partial charge in [0.2, 0.25) is 5.95 Å². The Morgan fingerprint density at radius 2 is 2.03 bits per heavy atom. The third-order valence-corrected chi connectivity index (χ3v) is 5.27. The molecular formula is C22H20ClFN6O4. The van der Waals surface area contributed by atoms with E-state index in [2.05, 4.69) is 20.5 Å². The first kappa shape index (κ1) is 23.2. The first-order valence-electron chi connectivity index (χ1n) is 10.1. The fourth-order valence-corrected chi connectivity index (χ4v) is 3.47. The summed E-state index contributed by atoms with van der Waals surface area (Å²) in [5.74, 6) is 0.0463. The maximum Gasteiger partial charge on any atom is 0.329 e. The van der Waals surface area contributed by atoms with Crippen molar-refractivity contribution in [3.05, 3.63) is 85.8 Å². The Kier molecular flexibility index (Phi) is 6.75. The van der Waals surface area contributed by atoms with Crippen molar-refractivity contribution < 1.29 is 14.2 Å². The molecule has 0 aliphatic rings. The summed E-state index contributed by atoms with van der Waals surface area (Å²) >= 11 is 6.01. The van der Waals surface area contributed by atoms with Crippen molar-refractivity contribution in [2.75, 3.05) is 12.0 Å². The molecule has 1 unspecified atom stereocenters. The number of hydrogen-bond donors (Lipinski definition) is 3. The van der Waals surface area contributed by atoms with Crippen molar-refractivity contribution in [3.8, 4) is 5.75 Å². The molecule has 0 aliphatic carbocycles. The van der Waals surface area contributed by atoms with E-state index in [1.54, 1.807) is 24.3 Å².